The normalized spacial score (nSPS) is 37.2. The maximum absolute atomic E-state index is 10.6. The second kappa shape index (κ2) is 4.94. The molecule has 118 valence electrons. The van der Waals surface area contributed by atoms with Crippen LogP contribution in [0.3, 0.4) is 0 Å². The highest BCUT2D eigenvalue weighted by atomic mass is 16.5. The van der Waals surface area contributed by atoms with E-state index in [4.69, 9.17) is 4.74 Å². The molecule has 0 aliphatic carbocycles. The zero-order valence-electron chi connectivity index (χ0n) is 14.2. The Morgan fingerprint density at radius 1 is 1.05 bits per heavy atom. The minimum Gasteiger partial charge on any atom is -0.390 e. The van der Waals surface area contributed by atoms with E-state index in [1.807, 2.05) is 13.8 Å². The lowest BCUT2D eigenvalue weighted by Gasteiger charge is -2.46. The Balaban J connectivity index is 2.07. The van der Waals surface area contributed by atoms with Crippen molar-refractivity contribution in [3.05, 3.63) is 0 Å². The van der Waals surface area contributed by atoms with Gasteiger partial charge in [-0.05, 0) is 48.6 Å². The highest BCUT2D eigenvalue weighted by molar-refractivity contribution is 5.03. The predicted molar refractivity (Wildman–Crippen MR) is 81.9 cm³/mol. The Morgan fingerprint density at radius 3 is 2.10 bits per heavy atom. The second-order valence-corrected chi connectivity index (χ2v) is 8.33. The molecule has 0 aromatic carbocycles. The Labute approximate surface area is 124 Å². The fourth-order valence-electron chi connectivity index (χ4n) is 3.77. The van der Waals surface area contributed by atoms with E-state index in [0.717, 1.165) is 26.2 Å². The molecule has 2 unspecified atom stereocenters. The predicted octanol–water partition coefficient (Wildman–Crippen LogP) is 1.58. The summed E-state index contributed by atoms with van der Waals surface area (Å²) in [4.78, 5) is 4.90. The van der Waals surface area contributed by atoms with E-state index < -0.39 is 11.7 Å². The molecule has 2 heterocycles. The van der Waals surface area contributed by atoms with Crippen molar-refractivity contribution in [1.29, 1.82) is 0 Å². The van der Waals surface area contributed by atoms with Crippen LogP contribution in [0, 0.1) is 5.92 Å². The summed E-state index contributed by atoms with van der Waals surface area (Å²) in [6.45, 7) is 16.9. The van der Waals surface area contributed by atoms with Crippen LogP contribution in [0.2, 0.25) is 0 Å². The molecule has 2 aliphatic rings. The van der Waals surface area contributed by atoms with Crippen LogP contribution in [-0.4, -0.2) is 71.0 Å². The van der Waals surface area contributed by atoms with E-state index in [0.29, 0.717) is 0 Å². The Bertz CT molecular complexity index is 365. The molecule has 0 bridgehead atoms. The van der Waals surface area contributed by atoms with E-state index in [1.165, 1.54) is 0 Å². The van der Waals surface area contributed by atoms with Crippen molar-refractivity contribution in [2.45, 2.75) is 64.4 Å². The average molecular weight is 284 g/mol. The summed E-state index contributed by atoms with van der Waals surface area (Å²) in [5.41, 5.74) is -0.519. The van der Waals surface area contributed by atoms with Crippen LogP contribution in [0.25, 0.3) is 0 Å². The lowest BCUT2D eigenvalue weighted by Crippen LogP contribution is -2.59. The summed E-state index contributed by atoms with van der Waals surface area (Å²) >= 11 is 0. The van der Waals surface area contributed by atoms with Crippen LogP contribution < -0.4 is 0 Å². The van der Waals surface area contributed by atoms with E-state index in [2.05, 4.69) is 44.5 Å². The van der Waals surface area contributed by atoms with Crippen molar-refractivity contribution >= 4 is 0 Å². The maximum Gasteiger partial charge on any atom is 0.0896 e. The lowest BCUT2D eigenvalue weighted by molar-refractivity contribution is -0.0919. The fourth-order valence-corrected chi connectivity index (χ4v) is 3.77. The molecule has 2 saturated heterocycles. The van der Waals surface area contributed by atoms with Gasteiger partial charge in [-0.1, -0.05) is 0 Å². The number of likely N-dealkylation sites (N-methyl/N-ethyl adjacent to an activating group) is 1. The van der Waals surface area contributed by atoms with Crippen LogP contribution in [0.4, 0.5) is 0 Å². The first-order valence-electron chi connectivity index (χ1n) is 7.77. The molecule has 2 aliphatic heterocycles. The number of aliphatic hydroxyl groups excluding tert-OH is 1. The fraction of sp³-hybridized carbons (Fsp3) is 1.00. The van der Waals surface area contributed by atoms with Gasteiger partial charge in [0, 0.05) is 37.6 Å². The molecular formula is C16H32N2O2. The Kier molecular flexibility index (Phi) is 4.00. The monoisotopic (exact) mass is 284 g/mol. The molecule has 4 heteroatoms. The second-order valence-electron chi connectivity index (χ2n) is 8.33. The SMILES string of the molecule is CN1CCN(CC2C(O)C(C)(C)OC2(C)C)CC1(C)C. The van der Waals surface area contributed by atoms with Crippen LogP contribution in [0.1, 0.15) is 41.5 Å². The minimum atomic E-state index is -0.448. The molecule has 0 aromatic heterocycles. The molecule has 0 radical (unpaired) electrons. The molecule has 0 amide bonds. The molecule has 0 saturated carbocycles. The zero-order valence-corrected chi connectivity index (χ0v) is 14.2. The van der Waals surface area contributed by atoms with E-state index in [-0.39, 0.29) is 17.1 Å². The molecular weight excluding hydrogens is 252 g/mol. The third-order valence-electron chi connectivity index (χ3n) is 5.36. The first-order valence-corrected chi connectivity index (χ1v) is 7.77. The smallest absolute Gasteiger partial charge is 0.0896 e. The van der Waals surface area contributed by atoms with Gasteiger partial charge < -0.3 is 9.84 Å². The topological polar surface area (TPSA) is 35.9 Å². The average Bonchev–Trinajstić information content (AvgIpc) is 2.41. The van der Waals surface area contributed by atoms with Crippen molar-refractivity contribution in [1.82, 2.24) is 9.80 Å². The molecule has 0 aromatic rings. The van der Waals surface area contributed by atoms with Gasteiger partial charge in [-0.2, -0.15) is 0 Å². The van der Waals surface area contributed by atoms with E-state index >= 15 is 0 Å². The van der Waals surface area contributed by atoms with Gasteiger partial charge in [-0.15, -0.1) is 0 Å². The van der Waals surface area contributed by atoms with Crippen LogP contribution in [0.5, 0.6) is 0 Å². The maximum atomic E-state index is 10.6. The molecule has 1 N–H and O–H groups in total. The highest BCUT2D eigenvalue weighted by Crippen LogP contribution is 2.42. The first kappa shape index (κ1) is 16.2. The summed E-state index contributed by atoms with van der Waals surface area (Å²) in [6.07, 6.45) is -0.403. The molecule has 4 nitrogen and oxygen atoms in total. The number of piperazine rings is 1. The molecule has 2 rings (SSSR count). The minimum absolute atomic E-state index is 0.164. The van der Waals surface area contributed by atoms with Gasteiger partial charge in [0.2, 0.25) is 0 Å². The van der Waals surface area contributed by atoms with Gasteiger partial charge in [0.05, 0.1) is 17.3 Å². The van der Waals surface area contributed by atoms with Gasteiger partial charge in [0.1, 0.15) is 0 Å². The van der Waals surface area contributed by atoms with Crippen LogP contribution >= 0.6 is 0 Å². The van der Waals surface area contributed by atoms with Crippen molar-refractivity contribution in [2.24, 2.45) is 5.92 Å². The number of aliphatic hydroxyl groups is 1. The van der Waals surface area contributed by atoms with Crippen molar-refractivity contribution in [3.8, 4) is 0 Å². The highest BCUT2D eigenvalue weighted by Gasteiger charge is 2.53. The molecule has 0 spiro atoms. The lowest BCUT2D eigenvalue weighted by atomic mass is 9.83. The van der Waals surface area contributed by atoms with Crippen LogP contribution in [0.15, 0.2) is 0 Å². The summed E-state index contributed by atoms with van der Waals surface area (Å²) in [7, 11) is 2.19. The molecule has 2 fully saturated rings. The summed E-state index contributed by atoms with van der Waals surface area (Å²) in [6, 6.07) is 0. The first-order chi connectivity index (χ1) is 8.96. The molecule has 2 atom stereocenters. The summed E-state index contributed by atoms with van der Waals surface area (Å²) < 4.78 is 6.09. The van der Waals surface area contributed by atoms with Gasteiger partial charge in [0.25, 0.3) is 0 Å². The third-order valence-corrected chi connectivity index (χ3v) is 5.36. The number of hydrogen-bond donors (Lipinski definition) is 1. The van der Waals surface area contributed by atoms with Crippen LogP contribution in [-0.2, 0) is 4.74 Å². The number of hydrogen-bond acceptors (Lipinski definition) is 4. The van der Waals surface area contributed by atoms with Crippen molar-refractivity contribution in [2.75, 3.05) is 33.2 Å². The van der Waals surface area contributed by atoms with Gasteiger partial charge in [0.15, 0.2) is 0 Å². The Hall–Kier alpha value is -0.160. The van der Waals surface area contributed by atoms with Crippen molar-refractivity contribution in [3.63, 3.8) is 0 Å². The number of ether oxygens (including phenoxy) is 1. The largest absolute Gasteiger partial charge is 0.390 e. The van der Waals surface area contributed by atoms with Gasteiger partial charge >= 0.3 is 0 Å². The van der Waals surface area contributed by atoms with Gasteiger partial charge in [-0.25, -0.2) is 0 Å². The number of nitrogens with zero attached hydrogens (tertiary/aromatic N) is 2. The number of rotatable bonds is 2. The van der Waals surface area contributed by atoms with E-state index in [1.54, 1.807) is 0 Å². The summed E-state index contributed by atoms with van der Waals surface area (Å²) in [5.74, 6) is 0.164. The standard InChI is InChI=1S/C16H32N2O2/c1-14(2)11-18(9-8-17(14)7)10-12-13(19)16(5,6)20-15(12,3)4/h12-13,19H,8-11H2,1-7H3. The Morgan fingerprint density at radius 2 is 1.65 bits per heavy atom. The quantitative estimate of drug-likeness (QED) is 0.835. The summed E-state index contributed by atoms with van der Waals surface area (Å²) in [5, 5.41) is 10.6. The van der Waals surface area contributed by atoms with E-state index in [9.17, 15) is 5.11 Å². The zero-order chi connectivity index (χ0) is 15.3. The molecule has 20 heavy (non-hydrogen) atoms. The van der Waals surface area contributed by atoms with Gasteiger partial charge in [-0.3, -0.25) is 9.80 Å². The van der Waals surface area contributed by atoms with Crippen molar-refractivity contribution < 1.29 is 9.84 Å². The third kappa shape index (κ3) is 2.89.